The van der Waals surface area contributed by atoms with Crippen LogP contribution in [-0.4, -0.2) is 229 Å². The van der Waals surface area contributed by atoms with Crippen LogP contribution < -0.4 is 36.7 Å². The average molecular weight is 1890 g/mol. The van der Waals surface area contributed by atoms with Crippen molar-refractivity contribution < 1.29 is 89.6 Å². The number of aliphatic hydroxyl groups excluding tert-OH is 1. The van der Waals surface area contributed by atoms with E-state index >= 15 is 0 Å². The summed E-state index contributed by atoms with van der Waals surface area (Å²) in [6.07, 6.45) is 3.70. The number of halogens is 7. The number of aromatic amines is 1. The minimum Gasteiger partial charge on any atom is -0.480 e. The molecule has 13 rings (SSSR count). The molecule has 9 aromatic rings. The fraction of sp³-hybridized carbons (Fsp3) is 0.317. The highest BCUT2D eigenvalue weighted by atomic mass is 35.5. The van der Waals surface area contributed by atoms with Crippen molar-refractivity contribution >= 4 is 182 Å². The van der Waals surface area contributed by atoms with Crippen molar-refractivity contribution in [2.24, 2.45) is 10.9 Å². The van der Waals surface area contributed by atoms with Crippen LogP contribution in [0.15, 0.2) is 136 Å². The first kappa shape index (κ1) is 94.8. The number of aliphatic hydroxyl groups is 1. The van der Waals surface area contributed by atoms with Crippen molar-refractivity contribution in [1.29, 1.82) is 5.26 Å². The van der Waals surface area contributed by atoms with Gasteiger partial charge in [-0.25, -0.2) is 46.2 Å². The van der Waals surface area contributed by atoms with Crippen molar-refractivity contribution in [3.63, 3.8) is 0 Å². The number of nitrogens with one attached hydrogen (secondary N) is 8. The smallest absolute Gasteiger partial charge is 0.328 e. The van der Waals surface area contributed by atoms with Crippen molar-refractivity contribution in [1.82, 2.24) is 66.4 Å². The van der Waals surface area contributed by atoms with E-state index in [4.69, 9.17) is 90.4 Å². The van der Waals surface area contributed by atoms with Gasteiger partial charge < -0.3 is 70.5 Å². The molecule has 0 spiro atoms. The summed E-state index contributed by atoms with van der Waals surface area (Å²) < 4.78 is 60.1. The Kier molecular flexibility index (Phi) is 31.1. The summed E-state index contributed by atoms with van der Waals surface area (Å²) in [5, 5.41) is 64.4. The van der Waals surface area contributed by atoms with Crippen LogP contribution in [0.4, 0.5) is 0 Å². The standard InChI is InChI=1S/C30H31Cl2N5O7.C28H24Cl2N4O6S.C24H27Cl3N6O6S/c1-43-23-11-16(9-21(23)38)27(35-14-33)34-12-20(30(41)42)36-28(39)25-19(31)8-17-13-37(7-6-18(17)26(25)32)29(40)24-10-15-4-2-3-5-22(15)44-24;1-41(39,40)17-6-4-5-15(11-17)12-22(28(37)38)33-26(35)23-19(29)13-16-14-34(10-9-18(16)24(23)30)27(36)25-31-20-7-2-3-8-21(20)32-25;1-32(2)30-24(31-40(3,38)39)28-11-18(23(36)37)29-21(34)19-17(26)10-14-12-33(9-8-16(14)20(19)27)22(35)13-4-6-15(25)7-5-13/h2-5,8,10,16,20-21,23,27,34-35,38H,6-7,9,11-13H2,1H3,(H,36,39)(H,41,42);2-8,11,13,22H,9-10,12,14H2,1H3,(H,31,32)(H,33,35)(H,37,38);4-7,10,18H,8-9,11-12H2,1-3H3,(H,29,34)(H,36,37)(H2,28,30,31)/t16?,20-,21+,23+,27?;22-;18-/m000/s1. The molecule has 0 radical (unpaired) electrons. The molecule has 2 aromatic heterocycles. The molecule has 4 aliphatic rings. The minimum atomic E-state index is -3.72. The predicted molar refractivity (Wildman–Crippen MR) is 466 cm³/mol. The van der Waals surface area contributed by atoms with Gasteiger partial charge in [-0.2, -0.15) is 5.26 Å². The topological polar surface area (TPSA) is 487 Å². The number of hydrogen-bond acceptors (Lipinski definition) is 22. The van der Waals surface area contributed by atoms with Crippen LogP contribution in [0, 0.1) is 17.4 Å². The maximum absolute atomic E-state index is 13.3. The summed E-state index contributed by atoms with van der Waals surface area (Å²) in [5.41, 5.74) is 9.18. The Balaban J connectivity index is 0.000000183. The molecule has 0 bridgehead atoms. The predicted octanol–water partition coefficient (Wildman–Crippen LogP) is 8.79. The summed E-state index contributed by atoms with van der Waals surface area (Å²) in [6.45, 7) is 0.825. The molecule has 2 unspecified atom stereocenters. The first-order valence-corrected chi connectivity index (χ1v) is 44.6. The van der Waals surface area contributed by atoms with Crippen LogP contribution in [-0.2, 0) is 84.3 Å². The Morgan fingerprint density at radius 1 is 0.640 bits per heavy atom. The summed E-state index contributed by atoms with van der Waals surface area (Å²) >= 11 is 45.2. The number of imidazole rings is 1. The first-order valence-electron chi connectivity index (χ1n) is 38.2. The van der Waals surface area contributed by atoms with E-state index in [9.17, 15) is 85.7 Å². The molecule has 7 aromatic carbocycles. The van der Waals surface area contributed by atoms with Gasteiger partial charge in [-0.15, -0.1) is 0 Å². The van der Waals surface area contributed by atoms with E-state index in [2.05, 4.69) is 51.7 Å². The van der Waals surface area contributed by atoms with Gasteiger partial charge in [0.1, 0.15) is 23.7 Å². The number of hydrogen-bond donors (Lipinski definition) is 12. The third-order valence-electron chi connectivity index (χ3n) is 20.7. The fourth-order valence-corrected chi connectivity index (χ4v) is 18.2. The van der Waals surface area contributed by atoms with Gasteiger partial charge in [-0.1, -0.05) is 124 Å². The molecular weight excluding hydrogens is 1810 g/mol. The van der Waals surface area contributed by atoms with E-state index in [1.165, 1.54) is 36.4 Å². The lowest BCUT2D eigenvalue weighted by molar-refractivity contribution is -0.140. The largest absolute Gasteiger partial charge is 0.480 e. The average Bonchev–Trinajstić information content (AvgIpc) is 1.45. The van der Waals surface area contributed by atoms with Gasteiger partial charge in [-0.05, 0) is 156 Å². The Morgan fingerprint density at radius 3 is 1.65 bits per heavy atom. The number of nitriles is 1. The van der Waals surface area contributed by atoms with E-state index < -0.39 is 98.5 Å². The molecule has 1 saturated carbocycles. The summed E-state index contributed by atoms with van der Waals surface area (Å²) in [6, 6.07) is 29.1. The number of amides is 6. The fourth-order valence-electron chi connectivity index (χ4n) is 14.6. The Hall–Kier alpha value is -10.9. The number of sulfonamides is 1. The molecule has 660 valence electrons. The number of sulfone groups is 1. The third kappa shape index (κ3) is 23.4. The number of aliphatic imine (C=N–C) groups is 1. The van der Waals surface area contributed by atoms with Gasteiger partial charge in [0.05, 0.1) is 93.9 Å². The van der Waals surface area contributed by atoms with Gasteiger partial charge >= 0.3 is 17.9 Å². The number of hydrazine groups is 1. The van der Waals surface area contributed by atoms with Crippen LogP contribution in [0.25, 0.3) is 22.0 Å². The highest BCUT2D eigenvalue weighted by Crippen LogP contribution is 2.40. The van der Waals surface area contributed by atoms with E-state index in [0.717, 1.165) is 23.4 Å². The zero-order chi connectivity index (χ0) is 90.8. The minimum absolute atomic E-state index is 0.00694. The number of methoxy groups -OCH3 is 1. The van der Waals surface area contributed by atoms with Crippen LogP contribution in [0.5, 0.6) is 0 Å². The van der Waals surface area contributed by atoms with Gasteiger partial charge in [-0.3, -0.25) is 44.2 Å². The molecule has 34 nitrogen and oxygen atoms in total. The van der Waals surface area contributed by atoms with Gasteiger partial charge in [0, 0.05) is 95.7 Å². The molecular formula is C82H82Cl7N15O19S2. The number of carbonyl (C=O) groups excluding carboxylic acids is 6. The molecule has 7 atom stereocenters. The Morgan fingerprint density at radius 2 is 1.15 bits per heavy atom. The highest BCUT2D eigenvalue weighted by Gasteiger charge is 2.40. The summed E-state index contributed by atoms with van der Waals surface area (Å²) in [7, 11) is -2.59. The lowest BCUT2D eigenvalue weighted by atomic mass is 9.96. The van der Waals surface area contributed by atoms with Crippen molar-refractivity contribution in [2.45, 2.75) is 99.6 Å². The van der Waals surface area contributed by atoms with Gasteiger partial charge in [0.2, 0.25) is 16.0 Å². The molecule has 1 fully saturated rings. The van der Waals surface area contributed by atoms with Crippen molar-refractivity contribution in [3.8, 4) is 6.19 Å². The Labute approximate surface area is 750 Å². The molecule has 12 N–H and O–H groups in total. The quantitative estimate of drug-likeness (QED) is 0.00634. The number of carboxylic acid groups (broad SMARTS) is 3. The summed E-state index contributed by atoms with van der Waals surface area (Å²) in [4.78, 5) is 131. The number of aromatic nitrogens is 2. The monoisotopic (exact) mass is 1890 g/mol. The molecule has 125 heavy (non-hydrogen) atoms. The molecule has 3 aliphatic heterocycles. The SMILES string of the molecule is CN(C)NC(=NC[C@H](NC(=O)c1c(Cl)cc2c(c1Cl)CCN(C(=O)c1ccc(Cl)cc1)C2)C(=O)O)NS(C)(=O)=O.CO[C@@H]1CC(C(NC#N)NC[C@H](NC(=O)c2c(Cl)cc3c(c2Cl)CCN(C(=O)c2cc4ccccc4o2)C3)C(=O)O)C[C@H]1O.CS(=O)(=O)c1cccc(C[C@H](NC(=O)c2c(Cl)cc3c(c2Cl)CCN(C(=O)c2nc4ccccc4[nH]2)C3)C(=O)O)c1. The van der Waals surface area contributed by atoms with Gasteiger partial charge in [0.15, 0.2) is 27.6 Å². The zero-order valence-electron chi connectivity index (χ0n) is 67.0. The number of nitrogens with zero attached hydrogens (tertiary/aromatic N) is 7. The molecule has 5 heterocycles. The molecule has 43 heteroatoms. The maximum atomic E-state index is 13.3. The summed E-state index contributed by atoms with van der Waals surface area (Å²) in [5.74, 6) is -7.25. The van der Waals surface area contributed by atoms with Crippen LogP contribution in [0.1, 0.15) is 114 Å². The number of benzene rings is 7. The number of carboxylic acids is 3. The third-order valence-corrected chi connectivity index (χ3v) is 24.8. The normalized spacial score (nSPS) is 16.5. The van der Waals surface area contributed by atoms with Crippen LogP contribution in [0.2, 0.25) is 35.2 Å². The van der Waals surface area contributed by atoms with E-state index in [1.807, 2.05) is 48.7 Å². The van der Waals surface area contributed by atoms with Crippen molar-refractivity contribution in [3.05, 3.63) is 229 Å². The highest BCUT2D eigenvalue weighted by molar-refractivity contribution is 7.90. The van der Waals surface area contributed by atoms with E-state index in [1.54, 1.807) is 83.4 Å². The number of H-pyrrole nitrogens is 1. The zero-order valence-corrected chi connectivity index (χ0v) is 73.9. The number of carbonyl (C=O) groups is 9. The number of furan rings is 1. The van der Waals surface area contributed by atoms with E-state index in [-0.39, 0.29) is 126 Å². The maximum Gasteiger partial charge on any atom is 0.328 e. The Bertz CT molecular complexity index is 5970. The first-order chi connectivity index (χ1) is 59.2. The number of aliphatic carboxylic acids is 3. The second kappa shape index (κ2) is 41.0. The molecule has 1 aliphatic carbocycles. The van der Waals surface area contributed by atoms with Crippen LogP contribution >= 0.6 is 81.2 Å². The number of fused-ring (bicyclic) bond motifs is 5. The van der Waals surface area contributed by atoms with Crippen LogP contribution in [0.3, 0.4) is 0 Å². The second-order valence-electron chi connectivity index (χ2n) is 29.7. The van der Waals surface area contributed by atoms with E-state index in [0.29, 0.717) is 112 Å². The van der Waals surface area contributed by atoms with Crippen molar-refractivity contribution in [2.75, 3.05) is 66.4 Å². The number of guanidine groups is 1. The number of ether oxygens (including phenoxy) is 1. The lowest BCUT2D eigenvalue weighted by Crippen LogP contribution is -2.53. The number of rotatable bonds is 25. The second-order valence-corrected chi connectivity index (χ2v) is 36.3. The lowest BCUT2D eigenvalue weighted by Gasteiger charge is -2.30. The van der Waals surface area contributed by atoms with Gasteiger partial charge in [0.25, 0.3) is 35.4 Å². The molecule has 6 amide bonds. The number of para-hydroxylation sites is 3. The molecule has 0 saturated heterocycles.